The number of nitrogens with zero attached hydrogens (tertiary/aromatic N) is 2. The van der Waals surface area contributed by atoms with Crippen LogP contribution in [0.1, 0.15) is 5.56 Å². The summed E-state index contributed by atoms with van der Waals surface area (Å²) in [7, 11) is 0. The van der Waals surface area contributed by atoms with Gasteiger partial charge in [-0.2, -0.15) is 0 Å². The van der Waals surface area contributed by atoms with Crippen LogP contribution >= 0.6 is 23.4 Å². The van der Waals surface area contributed by atoms with Crippen LogP contribution in [0.5, 0.6) is 0 Å². The predicted octanol–water partition coefficient (Wildman–Crippen LogP) is 3.68. The van der Waals surface area contributed by atoms with Crippen LogP contribution in [-0.2, 0) is 14.3 Å². The topological polar surface area (TPSA) is 49.9 Å². The number of hydrogen-bond donors (Lipinski definition) is 0. The Bertz CT molecular complexity index is 924. The maximum atomic E-state index is 13.2. The minimum absolute atomic E-state index is 0.0222. The van der Waals surface area contributed by atoms with Crippen LogP contribution in [-0.4, -0.2) is 49.6 Å². The highest BCUT2D eigenvalue weighted by atomic mass is 35.5. The number of carbonyl (C=O) groups is 2. The molecule has 0 saturated carbocycles. The summed E-state index contributed by atoms with van der Waals surface area (Å²) in [6, 6.07) is 15.0. The molecule has 0 radical (unpaired) electrons. The molecule has 5 nitrogen and oxygen atoms in total. The summed E-state index contributed by atoms with van der Waals surface area (Å²) in [5.74, 6) is -0.232. The Hall–Kier alpha value is -2.28. The number of anilines is 1. The van der Waals surface area contributed by atoms with Gasteiger partial charge in [-0.1, -0.05) is 47.6 Å². The Morgan fingerprint density at radius 3 is 2.57 bits per heavy atom. The molecule has 2 aromatic carbocycles. The number of fused-ring (bicyclic) bond motifs is 1. The largest absolute Gasteiger partial charge is 0.378 e. The molecule has 0 bridgehead atoms. The first-order valence-electron chi connectivity index (χ1n) is 9.03. The van der Waals surface area contributed by atoms with E-state index in [-0.39, 0.29) is 18.4 Å². The Labute approximate surface area is 172 Å². The van der Waals surface area contributed by atoms with E-state index >= 15 is 0 Å². The standard InChI is InChI=1S/C21H19ClN2O3S/c22-16-7-5-15(6-8-16)13-19-21(26)24(17-3-1-2-4-18(17)28-19)14-20(25)23-9-11-27-12-10-23/h1-8,13H,9-12,14H2. The van der Waals surface area contributed by atoms with E-state index in [2.05, 4.69) is 0 Å². The van der Waals surface area contributed by atoms with Gasteiger partial charge < -0.3 is 9.64 Å². The number of hydrogen-bond acceptors (Lipinski definition) is 4. The molecule has 2 aliphatic rings. The second kappa shape index (κ2) is 8.39. The van der Waals surface area contributed by atoms with Crippen molar-refractivity contribution in [3.05, 3.63) is 64.0 Å². The van der Waals surface area contributed by atoms with Crippen molar-refractivity contribution in [2.45, 2.75) is 4.90 Å². The molecule has 4 rings (SSSR count). The molecule has 2 amide bonds. The molecule has 7 heteroatoms. The third kappa shape index (κ3) is 4.09. The molecule has 0 atom stereocenters. The SMILES string of the molecule is O=C(CN1C(=O)C(=Cc2ccc(Cl)cc2)Sc2ccccc21)N1CCOCC1. The van der Waals surface area contributed by atoms with Crippen LogP contribution in [0.25, 0.3) is 6.08 Å². The van der Waals surface area contributed by atoms with Gasteiger partial charge in [-0.3, -0.25) is 14.5 Å². The van der Waals surface area contributed by atoms with E-state index < -0.39 is 0 Å². The van der Waals surface area contributed by atoms with Crippen LogP contribution in [0.4, 0.5) is 5.69 Å². The highest BCUT2D eigenvalue weighted by Crippen LogP contribution is 2.42. The van der Waals surface area contributed by atoms with Crippen LogP contribution in [0.2, 0.25) is 5.02 Å². The maximum Gasteiger partial charge on any atom is 0.265 e. The molecule has 2 heterocycles. The van der Waals surface area contributed by atoms with Crippen molar-refractivity contribution in [3.8, 4) is 0 Å². The lowest BCUT2D eigenvalue weighted by atomic mass is 10.2. The molecule has 0 aromatic heterocycles. The third-order valence-corrected chi connectivity index (χ3v) is 5.99. The van der Waals surface area contributed by atoms with E-state index in [1.165, 1.54) is 11.8 Å². The molecule has 2 aliphatic heterocycles. The van der Waals surface area contributed by atoms with Gasteiger partial charge >= 0.3 is 0 Å². The summed E-state index contributed by atoms with van der Waals surface area (Å²) >= 11 is 7.37. The Morgan fingerprint density at radius 1 is 1.11 bits per heavy atom. The number of ether oxygens (including phenoxy) is 1. The van der Waals surface area contributed by atoms with Crippen molar-refractivity contribution >= 4 is 46.9 Å². The van der Waals surface area contributed by atoms with Crippen molar-refractivity contribution in [2.24, 2.45) is 0 Å². The zero-order chi connectivity index (χ0) is 19.5. The van der Waals surface area contributed by atoms with E-state index in [4.69, 9.17) is 16.3 Å². The number of rotatable bonds is 3. The van der Waals surface area contributed by atoms with Gasteiger partial charge in [-0.15, -0.1) is 0 Å². The summed E-state index contributed by atoms with van der Waals surface area (Å²) in [6.07, 6.45) is 1.84. The van der Waals surface area contributed by atoms with E-state index in [9.17, 15) is 9.59 Å². The number of thioether (sulfide) groups is 1. The van der Waals surface area contributed by atoms with Crippen LogP contribution in [0.15, 0.2) is 58.3 Å². The van der Waals surface area contributed by atoms with E-state index in [1.54, 1.807) is 21.9 Å². The summed E-state index contributed by atoms with van der Waals surface area (Å²) in [5, 5.41) is 0.646. The number of morpholine rings is 1. The average molecular weight is 415 g/mol. The molecule has 0 spiro atoms. The first-order chi connectivity index (χ1) is 13.6. The zero-order valence-corrected chi connectivity index (χ0v) is 16.7. The van der Waals surface area contributed by atoms with Crippen LogP contribution in [0.3, 0.4) is 0 Å². The fourth-order valence-corrected chi connectivity index (χ4v) is 4.36. The molecular formula is C21H19ClN2O3S. The van der Waals surface area contributed by atoms with Gasteiger partial charge in [0.2, 0.25) is 5.91 Å². The lowest BCUT2D eigenvalue weighted by molar-refractivity contribution is -0.134. The van der Waals surface area contributed by atoms with Gasteiger partial charge in [-0.05, 0) is 35.9 Å². The molecular weight excluding hydrogens is 396 g/mol. The molecule has 28 heavy (non-hydrogen) atoms. The zero-order valence-electron chi connectivity index (χ0n) is 15.1. The van der Waals surface area contributed by atoms with E-state index in [0.29, 0.717) is 36.2 Å². The van der Waals surface area contributed by atoms with Crippen LogP contribution in [0, 0.1) is 0 Å². The van der Waals surface area contributed by atoms with Gasteiger partial charge in [-0.25, -0.2) is 0 Å². The highest BCUT2D eigenvalue weighted by Gasteiger charge is 2.31. The van der Waals surface area contributed by atoms with Crippen molar-refractivity contribution in [1.29, 1.82) is 0 Å². The van der Waals surface area contributed by atoms with Gasteiger partial charge in [0.1, 0.15) is 6.54 Å². The summed E-state index contributed by atoms with van der Waals surface area (Å²) in [6.45, 7) is 2.21. The molecule has 0 unspecified atom stereocenters. The number of benzene rings is 2. The maximum absolute atomic E-state index is 13.2. The number of amides is 2. The van der Waals surface area contributed by atoms with Crippen molar-refractivity contribution in [2.75, 3.05) is 37.7 Å². The fraction of sp³-hybridized carbons (Fsp3) is 0.238. The molecule has 0 aliphatic carbocycles. The average Bonchev–Trinajstić information content (AvgIpc) is 2.73. The first kappa shape index (κ1) is 19.1. The summed E-state index contributed by atoms with van der Waals surface area (Å²) in [5.41, 5.74) is 1.66. The summed E-state index contributed by atoms with van der Waals surface area (Å²) < 4.78 is 5.31. The van der Waals surface area contributed by atoms with Crippen molar-refractivity contribution in [1.82, 2.24) is 4.90 Å². The normalized spacial score (nSPS) is 18.3. The monoisotopic (exact) mass is 414 g/mol. The Morgan fingerprint density at radius 2 is 1.82 bits per heavy atom. The van der Waals surface area contributed by atoms with E-state index in [1.807, 2.05) is 42.5 Å². The smallest absolute Gasteiger partial charge is 0.265 e. The second-order valence-corrected chi connectivity index (χ2v) is 8.03. The van der Waals surface area contributed by atoms with Gasteiger partial charge in [0, 0.05) is 23.0 Å². The lowest BCUT2D eigenvalue weighted by Crippen LogP contribution is -2.48. The number of carbonyl (C=O) groups excluding carboxylic acids is 2. The van der Waals surface area contributed by atoms with E-state index in [0.717, 1.165) is 16.1 Å². The van der Waals surface area contributed by atoms with Crippen molar-refractivity contribution < 1.29 is 14.3 Å². The molecule has 0 N–H and O–H groups in total. The van der Waals surface area contributed by atoms with Crippen molar-refractivity contribution in [3.63, 3.8) is 0 Å². The van der Waals surface area contributed by atoms with Gasteiger partial charge in [0.05, 0.1) is 23.8 Å². The van der Waals surface area contributed by atoms with Crippen LogP contribution < -0.4 is 4.90 Å². The molecule has 1 saturated heterocycles. The number of halogens is 1. The minimum atomic E-state index is -0.166. The van der Waals surface area contributed by atoms with Gasteiger partial charge in [0.25, 0.3) is 5.91 Å². The fourth-order valence-electron chi connectivity index (χ4n) is 3.18. The number of para-hydroxylation sites is 1. The molecule has 2 aromatic rings. The first-order valence-corrected chi connectivity index (χ1v) is 10.2. The Kier molecular flexibility index (Phi) is 5.71. The molecule has 1 fully saturated rings. The third-order valence-electron chi connectivity index (χ3n) is 4.66. The second-order valence-electron chi connectivity index (χ2n) is 6.51. The summed E-state index contributed by atoms with van der Waals surface area (Å²) in [4.78, 5) is 30.8. The minimum Gasteiger partial charge on any atom is -0.378 e. The highest BCUT2D eigenvalue weighted by molar-refractivity contribution is 8.04. The van der Waals surface area contributed by atoms with Gasteiger partial charge in [0.15, 0.2) is 0 Å². The predicted molar refractivity (Wildman–Crippen MR) is 111 cm³/mol. The lowest BCUT2D eigenvalue weighted by Gasteiger charge is -2.33. The molecule has 144 valence electrons. The Balaban J connectivity index is 1.63. The quantitative estimate of drug-likeness (QED) is 0.719.